The molecule has 2 unspecified atom stereocenters. The number of furan rings is 1. The summed E-state index contributed by atoms with van der Waals surface area (Å²) in [6.45, 7) is 5.54. The monoisotopic (exact) mass is 415 g/mol. The van der Waals surface area contributed by atoms with Gasteiger partial charge in [0, 0.05) is 17.9 Å². The highest BCUT2D eigenvalue weighted by atomic mass is 32.2. The number of carboxylic acid groups (broad SMARTS) is 1. The maximum Gasteiger partial charge on any atom is 0.326 e. The minimum Gasteiger partial charge on any atom is -0.480 e. The highest BCUT2D eigenvalue weighted by molar-refractivity contribution is 7.89. The van der Waals surface area contributed by atoms with E-state index in [9.17, 15) is 18.3 Å². The molecule has 1 aromatic carbocycles. The Labute approximate surface area is 171 Å². The van der Waals surface area contributed by atoms with E-state index in [0.717, 1.165) is 24.8 Å². The van der Waals surface area contributed by atoms with Crippen LogP contribution in [0.3, 0.4) is 0 Å². The van der Waals surface area contributed by atoms with Crippen LogP contribution >= 0.6 is 0 Å². The molecule has 2 atom stereocenters. The number of hydrogen-bond acceptors (Lipinski definition) is 4. The summed E-state index contributed by atoms with van der Waals surface area (Å²) in [6.07, 6.45) is 8.99. The van der Waals surface area contributed by atoms with Gasteiger partial charge in [0.2, 0.25) is 10.0 Å². The van der Waals surface area contributed by atoms with Gasteiger partial charge in [-0.15, -0.1) is 6.58 Å². The first-order chi connectivity index (χ1) is 13.8. The fourth-order valence-corrected chi connectivity index (χ4v) is 4.59. The van der Waals surface area contributed by atoms with Crippen LogP contribution in [-0.2, 0) is 21.2 Å². The topological polar surface area (TPSA) is 96.6 Å². The van der Waals surface area contributed by atoms with Gasteiger partial charge >= 0.3 is 5.97 Å². The lowest BCUT2D eigenvalue weighted by Gasteiger charge is -2.15. The van der Waals surface area contributed by atoms with Crippen LogP contribution in [0, 0.1) is 6.92 Å². The van der Waals surface area contributed by atoms with Crippen molar-refractivity contribution in [2.24, 2.45) is 0 Å². The molecular weight excluding hydrogens is 390 g/mol. The van der Waals surface area contributed by atoms with E-state index in [0.29, 0.717) is 23.5 Å². The molecule has 0 fully saturated rings. The molecule has 0 amide bonds. The number of rotatable bonds is 8. The fraction of sp³-hybridized carbons (Fsp3) is 0.318. The molecule has 1 aliphatic carbocycles. The van der Waals surface area contributed by atoms with E-state index in [1.54, 1.807) is 24.3 Å². The molecule has 7 heteroatoms. The van der Waals surface area contributed by atoms with E-state index in [2.05, 4.69) is 23.5 Å². The molecule has 3 rings (SSSR count). The highest BCUT2D eigenvalue weighted by Crippen LogP contribution is 2.34. The number of carboxylic acids is 1. The molecule has 0 spiro atoms. The van der Waals surface area contributed by atoms with Gasteiger partial charge < -0.3 is 9.52 Å². The van der Waals surface area contributed by atoms with Crippen LogP contribution in [0.4, 0.5) is 0 Å². The number of hydrogen-bond donors (Lipinski definition) is 2. The first-order valence-corrected chi connectivity index (χ1v) is 11.0. The Bertz CT molecular complexity index is 1020. The second kappa shape index (κ2) is 8.80. The summed E-state index contributed by atoms with van der Waals surface area (Å²) >= 11 is 0. The Hall–Kier alpha value is -2.64. The quantitative estimate of drug-likeness (QED) is 0.629. The Morgan fingerprint density at radius 1 is 1.38 bits per heavy atom. The normalized spacial score (nSPS) is 17.8. The van der Waals surface area contributed by atoms with E-state index in [-0.39, 0.29) is 10.8 Å². The van der Waals surface area contributed by atoms with Crippen LogP contribution in [0.5, 0.6) is 0 Å². The molecule has 1 aromatic heterocycles. The van der Waals surface area contributed by atoms with Gasteiger partial charge in [-0.2, -0.15) is 4.72 Å². The SMILES string of the molecule is C=CCc1oc(C2C=CCCC2)cc1C(NS(=O)(=O)c1ccc(C)cc1)C(=O)O. The van der Waals surface area contributed by atoms with Crippen LogP contribution in [0.1, 0.15) is 53.9 Å². The smallest absolute Gasteiger partial charge is 0.326 e. The summed E-state index contributed by atoms with van der Waals surface area (Å²) in [5.74, 6) is -0.177. The minimum atomic E-state index is -4.03. The van der Waals surface area contributed by atoms with Gasteiger partial charge in [-0.05, 0) is 44.4 Å². The van der Waals surface area contributed by atoms with Crippen molar-refractivity contribution in [3.63, 3.8) is 0 Å². The molecule has 0 saturated heterocycles. The van der Waals surface area contributed by atoms with E-state index in [1.807, 2.05) is 6.92 Å². The molecule has 1 heterocycles. The summed E-state index contributed by atoms with van der Waals surface area (Å²) in [6, 6.07) is 6.44. The Morgan fingerprint density at radius 3 is 2.69 bits per heavy atom. The predicted octanol–water partition coefficient (Wildman–Crippen LogP) is 4.24. The van der Waals surface area contributed by atoms with Crippen molar-refractivity contribution in [1.82, 2.24) is 4.72 Å². The van der Waals surface area contributed by atoms with Crippen LogP contribution in [0.15, 0.2) is 64.5 Å². The van der Waals surface area contributed by atoms with Crippen molar-refractivity contribution in [2.45, 2.75) is 49.5 Å². The number of sulfonamides is 1. The lowest BCUT2D eigenvalue weighted by molar-refractivity contribution is -0.139. The van der Waals surface area contributed by atoms with E-state index >= 15 is 0 Å². The number of benzene rings is 1. The lowest BCUT2D eigenvalue weighted by atomic mass is 9.93. The minimum absolute atomic E-state index is 0.0125. The Morgan fingerprint density at radius 2 is 2.10 bits per heavy atom. The van der Waals surface area contributed by atoms with Crippen molar-refractivity contribution < 1.29 is 22.7 Å². The summed E-state index contributed by atoms with van der Waals surface area (Å²) in [4.78, 5) is 12.0. The van der Waals surface area contributed by atoms with Gasteiger partial charge in [0.05, 0.1) is 4.90 Å². The van der Waals surface area contributed by atoms with E-state index < -0.39 is 22.0 Å². The van der Waals surface area contributed by atoms with Gasteiger partial charge in [0.25, 0.3) is 0 Å². The number of nitrogens with one attached hydrogen (secondary N) is 1. The summed E-state index contributed by atoms with van der Waals surface area (Å²) in [7, 11) is -4.03. The van der Waals surface area contributed by atoms with Gasteiger partial charge in [-0.3, -0.25) is 4.79 Å². The molecule has 1 aliphatic rings. The van der Waals surface area contributed by atoms with Gasteiger partial charge in [-0.1, -0.05) is 35.9 Å². The molecular formula is C22H25NO5S. The third-order valence-corrected chi connectivity index (χ3v) is 6.41. The maximum absolute atomic E-state index is 12.8. The van der Waals surface area contributed by atoms with Crippen molar-refractivity contribution >= 4 is 16.0 Å². The number of carbonyl (C=O) groups is 1. The third-order valence-electron chi connectivity index (χ3n) is 4.97. The van der Waals surface area contributed by atoms with E-state index in [1.165, 1.54) is 12.1 Å². The van der Waals surface area contributed by atoms with E-state index in [4.69, 9.17) is 4.42 Å². The van der Waals surface area contributed by atoms with Gasteiger partial charge in [-0.25, -0.2) is 8.42 Å². The first kappa shape index (κ1) is 21.1. The van der Waals surface area contributed by atoms with Gasteiger partial charge in [0.1, 0.15) is 17.6 Å². The third kappa shape index (κ3) is 4.86. The summed E-state index contributed by atoms with van der Waals surface area (Å²) in [5, 5.41) is 9.78. The zero-order chi connectivity index (χ0) is 21.0. The molecule has 29 heavy (non-hydrogen) atoms. The fourth-order valence-electron chi connectivity index (χ4n) is 3.42. The lowest BCUT2D eigenvalue weighted by Crippen LogP contribution is -2.34. The summed E-state index contributed by atoms with van der Waals surface area (Å²) in [5.41, 5.74) is 1.22. The predicted molar refractivity (Wildman–Crippen MR) is 110 cm³/mol. The molecule has 0 radical (unpaired) electrons. The van der Waals surface area contributed by atoms with Crippen molar-refractivity contribution in [3.05, 3.63) is 77.8 Å². The zero-order valence-corrected chi connectivity index (χ0v) is 17.1. The van der Waals surface area contributed by atoms with Crippen molar-refractivity contribution in [2.75, 3.05) is 0 Å². The summed E-state index contributed by atoms with van der Waals surface area (Å²) < 4.78 is 33.8. The van der Waals surface area contributed by atoms with Crippen molar-refractivity contribution in [3.8, 4) is 0 Å². The molecule has 2 aromatic rings. The Kier molecular flexibility index (Phi) is 6.39. The number of aryl methyl sites for hydroxylation is 1. The van der Waals surface area contributed by atoms with Crippen molar-refractivity contribution in [1.29, 1.82) is 0 Å². The molecule has 0 saturated carbocycles. The molecule has 0 aliphatic heterocycles. The first-order valence-electron chi connectivity index (χ1n) is 9.53. The number of aliphatic carboxylic acids is 1. The molecule has 0 bridgehead atoms. The molecule has 2 N–H and O–H groups in total. The average Bonchev–Trinajstić information content (AvgIpc) is 3.11. The Balaban J connectivity index is 1.97. The van der Waals surface area contributed by atoms with Crippen LogP contribution in [0.2, 0.25) is 0 Å². The number of allylic oxidation sites excluding steroid dienone is 3. The van der Waals surface area contributed by atoms with Crippen LogP contribution in [-0.4, -0.2) is 19.5 Å². The van der Waals surface area contributed by atoms with Gasteiger partial charge in [0.15, 0.2) is 0 Å². The van der Waals surface area contributed by atoms with Crippen LogP contribution < -0.4 is 4.72 Å². The maximum atomic E-state index is 12.8. The zero-order valence-electron chi connectivity index (χ0n) is 16.3. The highest BCUT2D eigenvalue weighted by Gasteiger charge is 2.32. The van der Waals surface area contributed by atoms with Crippen LogP contribution in [0.25, 0.3) is 0 Å². The second-order valence-corrected chi connectivity index (χ2v) is 8.91. The second-order valence-electron chi connectivity index (χ2n) is 7.19. The standard InChI is InChI=1S/C22H25NO5S/c1-3-7-19-18(14-20(28-19)16-8-5-4-6-9-16)21(22(24)25)23-29(26,27)17-12-10-15(2)11-13-17/h3,5,8,10-14,16,21,23H,1,4,6-7,9H2,2H3,(H,24,25). The molecule has 154 valence electrons. The largest absolute Gasteiger partial charge is 0.480 e. The average molecular weight is 416 g/mol. The molecule has 6 nitrogen and oxygen atoms in total.